The monoisotopic (exact) mass is 409 g/mol. The van der Waals surface area contributed by atoms with Crippen LogP contribution in [0.1, 0.15) is 41.0 Å². The van der Waals surface area contributed by atoms with E-state index in [1.807, 2.05) is 6.92 Å². The molecular formula is C22H23N3O5. The summed E-state index contributed by atoms with van der Waals surface area (Å²) < 4.78 is 5.53. The molecule has 0 fully saturated rings. The lowest BCUT2D eigenvalue weighted by atomic mass is 9.95. The third-order valence-corrected chi connectivity index (χ3v) is 5.18. The maximum atomic E-state index is 13.1. The number of H-pyrrole nitrogens is 1. The minimum atomic E-state index is -0.507. The van der Waals surface area contributed by atoms with Crippen LogP contribution in [0.5, 0.6) is 17.2 Å². The Balaban J connectivity index is 1.88. The number of carbonyl (C=O) groups is 1. The first-order valence-corrected chi connectivity index (χ1v) is 9.81. The highest BCUT2D eigenvalue weighted by Crippen LogP contribution is 2.45. The van der Waals surface area contributed by atoms with Crippen LogP contribution in [-0.2, 0) is 0 Å². The molecule has 30 heavy (non-hydrogen) atoms. The number of ether oxygens (including phenoxy) is 1. The Morgan fingerprint density at radius 1 is 1.17 bits per heavy atom. The van der Waals surface area contributed by atoms with Gasteiger partial charge in [0, 0.05) is 24.3 Å². The molecule has 0 saturated carbocycles. The number of nitrogens with zero attached hydrogens (tertiary/aromatic N) is 2. The number of hydrogen-bond acceptors (Lipinski definition) is 6. The lowest BCUT2D eigenvalue weighted by molar-refractivity contribution is 0.0732. The van der Waals surface area contributed by atoms with Crippen molar-refractivity contribution in [3.8, 4) is 28.5 Å². The fourth-order valence-corrected chi connectivity index (χ4v) is 3.87. The average molecular weight is 409 g/mol. The van der Waals surface area contributed by atoms with Crippen molar-refractivity contribution in [3.63, 3.8) is 0 Å². The van der Waals surface area contributed by atoms with Crippen molar-refractivity contribution in [2.45, 2.75) is 19.4 Å². The van der Waals surface area contributed by atoms with E-state index in [9.17, 15) is 20.1 Å². The summed E-state index contributed by atoms with van der Waals surface area (Å²) >= 11 is 0. The van der Waals surface area contributed by atoms with Crippen molar-refractivity contribution in [2.24, 2.45) is 0 Å². The van der Waals surface area contributed by atoms with Gasteiger partial charge in [-0.25, -0.2) is 0 Å². The number of nitrogens with one attached hydrogen (secondary N) is 1. The molecule has 0 unspecified atom stereocenters. The molecule has 3 aromatic rings. The molecule has 8 nitrogen and oxygen atoms in total. The van der Waals surface area contributed by atoms with Gasteiger partial charge in [-0.2, -0.15) is 5.10 Å². The minimum absolute atomic E-state index is 0.0141. The van der Waals surface area contributed by atoms with Gasteiger partial charge in [0.1, 0.15) is 17.1 Å². The predicted molar refractivity (Wildman–Crippen MR) is 110 cm³/mol. The summed E-state index contributed by atoms with van der Waals surface area (Å²) in [4.78, 5) is 14.8. The summed E-state index contributed by atoms with van der Waals surface area (Å²) in [5.74, 6) is 0.168. The van der Waals surface area contributed by atoms with Crippen LogP contribution >= 0.6 is 0 Å². The van der Waals surface area contributed by atoms with E-state index >= 15 is 0 Å². The molecule has 0 aliphatic carbocycles. The van der Waals surface area contributed by atoms with Gasteiger partial charge < -0.3 is 25.0 Å². The van der Waals surface area contributed by atoms with Gasteiger partial charge in [0.15, 0.2) is 11.5 Å². The molecule has 0 radical (unpaired) electrons. The van der Waals surface area contributed by atoms with Gasteiger partial charge in [0.25, 0.3) is 5.91 Å². The molecule has 4 N–H and O–H groups in total. The van der Waals surface area contributed by atoms with E-state index in [4.69, 9.17) is 4.74 Å². The number of aliphatic hydroxyl groups is 1. The van der Waals surface area contributed by atoms with Crippen LogP contribution in [0.15, 0.2) is 42.5 Å². The molecule has 1 aliphatic heterocycles. The summed E-state index contributed by atoms with van der Waals surface area (Å²) in [6.45, 7) is 2.50. The number of carbonyl (C=O) groups excluding carboxylic acids is 1. The Hall–Kier alpha value is -3.52. The number of amides is 1. The quantitative estimate of drug-likeness (QED) is 0.476. The Morgan fingerprint density at radius 2 is 1.97 bits per heavy atom. The van der Waals surface area contributed by atoms with Gasteiger partial charge in [0.05, 0.1) is 12.6 Å². The number of aliphatic hydroxyl groups excluding tert-OH is 1. The number of rotatable bonds is 7. The van der Waals surface area contributed by atoms with Crippen LogP contribution < -0.4 is 4.74 Å². The largest absolute Gasteiger partial charge is 0.507 e. The van der Waals surface area contributed by atoms with Crippen molar-refractivity contribution in [2.75, 3.05) is 19.8 Å². The van der Waals surface area contributed by atoms with E-state index in [2.05, 4.69) is 10.2 Å². The molecule has 1 aliphatic rings. The predicted octanol–water partition coefficient (Wildman–Crippen LogP) is 2.81. The first-order valence-electron chi connectivity index (χ1n) is 9.81. The first-order chi connectivity index (χ1) is 14.6. The third kappa shape index (κ3) is 3.25. The lowest BCUT2D eigenvalue weighted by Crippen LogP contribution is -2.31. The SMILES string of the molecule is CCOc1cc([C@H]2c3c(-c4ccccc4O)n[nH]c3C(=O)N2CCCO)ccc1O. The maximum Gasteiger partial charge on any atom is 0.273 e. The topological polar surface area (TPSA) is 119 Å². The molecule has 1 atom stereocenters. The van der Waals surface area contributed by atoms with E-state index in [-0.39, 0.29) is 24.0 Å². The number of phenols is 2. The van der Waals surface area contributed by atoms with Crippen molar-refractivity contribution in [3.05, 3.63) is 59.3 Å². The molecule has 0 spiro atoms. The van der Waals surface area contributed by atoms with E-state index in [1.165, 1.54) is 6.07 Å². The standard InChI is InChI=1S/C22H23N3O5/c1-2-30-17-12-13(8-9-16(17)28)21-18-19(14-6-3-4-7-15(14)27)23-24-20(18)22(29)25(21)10-5-11-26/h3-4,6-9,12,21,26-28H,2,5,10-11H2,1H3,(H,23,24)/t21-/m0/s1. The molecule has 1 aromatic heterocycles. The Morgan fingerprint density at radius 3 is 2.70 bits per heavy atom. The van der Waals surface area contributed by atoms with Crippen LogP contribution in [0.25, 0.3) is 11.3 Å². The van der Waals surface area contributed by atoms with Gasteiger partial charge in [0.2, 0.25) is 0 Å². The van der Waals surface area contributed by atoms with Crippen molar-refractivity contribution in [1.29, 1.82) is 0 Å². The fourth-order valence-electron chi connectivity index (χ4n) is 3.87. The number of benzene rings is 2. The number of fused-ring (bicyclic) bond motifs is 1. The number of hydrogen-bond donors (Lipinski definition) is 4. The minimum Gasteiger partial charge on any atom is -0.507 e. The summed E-state index contributed by atoms with van der Waals surface area (Å²) in [6.07, 6.45) is 0.419. The van der Waals surface area contributed by atoms with Crippen molar-refractivity contribution >= 4 is 5.91 Å². The number of phenolic OH excluding ortho intramolecular Hbond substituents is 2. The molecular weight excluding hydrogens is 386 g/mol. The molecule has 8 heteroatoms. The van der Waals surface area contributed by atoms with Gasteiger partial charge >= 0.3 is 0 Å². The smallest absolute Gasteiger partial charge is 0.273 e. The number of aromatic nitrogens is 2. The number of para-hydroxylation sites is 1. The highest BCUT2D eigenvalue weighted by molar-refractivity contribution is 6.00. The Bertz CT molecular complexity index is 1080. The third-order valence-electron chi connectivity index (χ3n) is 5.18. The Labute approximate surface area is 173 Å². The molecule has 2 heterocycles. The Kier molecular flexibility index (Phi) is 5.33. The zero-order valence-corrected chi connectivity index (χ0v) is 16.5. The highest BCUT2D eigenvalue weighted by Gasteiger charge is 2.42. The summed E-state index contributed by atoms with van der Waals surface area (Å²) in [6, 6.07) is 11.3. The van der Waals surface area contributed by atoms with Crippen LogP contribution in [-0.4, -0.2) is 56.1 Å². The number of aromatic amines is 1. The molecule has 0 saturated heterocycles. The second-order valence-electron chi connectivity index (χ2n) is 7.02. The molecule has 2 aromatic carbocycles. The maximum absolute atomic E-state index is 13.1. The van der Waals surface area contributed by atoms with Gasteiger partial charge in [-0.05, 0) is 43.2 Å². The molecule has 0 bridgehead atoms. The van der Waals surface area contributed by atoms with E-state index < -0.39 is 6.04 Å². The van der Waals surface area contributed by atoms with Crippen LogP contribution in [0.4, 0.5) is 0 Å². The van der Waals surface area contributed by atoms with Crippen molar-refractivity contribution in [1.82, 2.24) is 15.1 Å². The van der Waals surface area contributed by atoms with Gasteiger partial charge in [-0.3, -0.25) is 9.89 Å². The summed E-state index contributed by atoms with van der Waals surface area (Å²) in [5.41, 5.74) is 2.73. The van der Waals surface area contributed by atoms with Crippen LogP contribution in [0.3, 0.4) is 0 Å². The van der Waals surface area contributed by atoms with Gasteiger partial charge in [-0.15, -0.1) is 0 Å². The van der Waals surface area contributed by atoms with Gasteiger partial charge in [-0.1, -0.05) is 18.2 Å². The highest BCUT2D eigenvalue weighted by atomic mass is 16.5. The first kappa shape index (κ1) is 19.8. The summed E-state index contributed by atoms with van der Waals surface area (Å²) in [5, 5.41) is 36.9. The zero-order valence-electron chi connectivity index (χ0n) is 16.5. The van der Waals surface area contributed by atoms with E-state index in [0.29, 0.717) is 47.8 Å². The lowest BCUT2D eigenvalue weighted by Gasteiger charge is -2.26. The van der Waals surface area contributed by atoms with E-state index in [1.54, 1.807) is 41.3 Å². The second kappa shape index (κ2) is 8.08. The van der Waals surface area contributed by atoms with Crippen molar-refractivity contribution < 1.29 is 24.9 Å². The molecule has 1 amide bonds. The molecule has 4 rings (SSSR count). The molecule has 156 valence electrons. The average Bonchev–Trinajstić information content (AvgIpc) is 3.28. The van der Waals surface area contributed by atoms with E-state index in [0.717, 1.165) is 5.56 Å². The fraction of sp³-hybridized carbons (Fsp3) is 0.273. The number of aromatic hydroxyl groups is 2. The van der Waals surface area contributed by atoms with Crippen LogP contribution in [0, 0.1) is 0 Å². The normalized spacial score (nSPS) is 15.5. The summed E-state index contributed by atoms with van der Waals surface area (Å²) in [7, 11) is 0. The van der Waals surface area contributed by atoms with Crippen LogP contribution in [0.2, 0.25) is 0 Å². The zero-order chi connectivity index (χ0) is 21.3. The second-order valence-corrected chi connectivity index (χ2v) is 7.02.